The number of likely N-dealkylation sites (N-methyl/N-ethyl adjacent to an activating group) is 1. The zero-order chi connectivity index (χ0) is 13.8. The van der Waals surface area contributed by atoms with E-state index in [9.17, 15) is 10.1 Å². The lowest BCUT2D eigenvalue weighted by Gasteiger charge is -2.23. The van der Waals surface area contributed by atoms with Gasteiger partial charge in [-0.15, -0.1) is 0 Å². The molecule has 0 bridgehead atoms. The Morgan fingerprint density at radius 1 is 1.53 bits per heavy atom. The zero-order valence-corrected chi connectivity index (χ0v) is 11.3. The second-order valence-corrected chi connectivity index (χ2v) is 4.82. The van der Waals surface area contributed by atoms with Gasteiger partial charge in [0.2, 0.25) is 0 Å². The molecule has 1 unspecified atom stereocenters. The number of anilines is 1. The maximum atomic E-state index is 10.9. The molecule has 6 heteroatoms. The lowest BCUT2D eigenvalue weighted by atomic mass is 10.2. The molecule has 0 spiro atoms. The summed E-state index contributed by atoms with van der Waals surface area (Å²) in [7, 11) is 3.46. The summed E-state index contributed by atoms with van der Waals surface area (Å²) in [6.07, 6.45) is 2.34. The van der Waals surface area contributed by atoms with Crippen molar-refractivity contribution in [3.63, 3.8) is 0 Å². The Kier molecular flexibility index (Phi) is 4.21. The van der Waals surface area contributed by atoms with Gasteiger partial charge < -0.3 is 15.0 Å². The van der Waals surface area contributed by atoms with Crippen LogP contribution in [-0.2, 0) is 0 Å². The Morgan fingerprint density at radius 3 is 2.89 bits per heavy atom. The van der Waals surface area contributed by atoms with E-state index in [2.05, 4.69) is 5.32 Å². The molecule has 0 saturated carbocycles. The fourth-order valence-electron chi connectivity index (χ4n) is 2.36. The first kappa shape index (κ1) is 13.6. The molecule has 1 heterocycles. The molecule has 0 amide bonds. The smallest absolute Gasteiger partial charge is 0.275 e. The number of nitrogens with one attached hydrogen (secondary N) is 1. The van der Waals surface area contributed by atoms with Crippen molar-refractivity contribution < 1.29 is 9.66 Å². The van der Waals surface area contributed by atoms with E-state index in [0.29, 0.717) is 11.8 Å². The third kappa shape index (κ3) is 3.35. The van der Waals surface area contributed by atoms with E-state index in [1.165, 1.54) is 19.6 Å². The average Bonchev–Trinajstić information content (AvgIpc) is 2.90. The van der Waals surface area contributed by atoms with Gasteiger partial charge in [-0.25, -0.2) is 0 Å². The number of hydrogen-bond donors (Lipinski definition) is 1. The molecule has 19 heavy (non-hydrogen) atoms. The summed E-state index contributed by atoms with van der Waals surface area (Å²) in [5.41, 5.74) is 0.861. The quantitative estimate of drug-likeness (QED) is 0.649. The Bertz CT molecular complexity index is 458. The van der Waals surface area contributed by atoms with Crippen LogP contribution in [-0.4, -0.2) is 38.2 Å². The molecule has 2 rings (SSSR count). The van der Waals surface area contributed by atoms with Gasteiger partial charge in [0, 0.05) is 37.5 Å². The van der Waals surface area contributed by atoms with Crippen molar-refractivity contribution in [1.29, 1.82) is 0 Å². The summed E-state index contributed by atoms with van der Waals surface area (Å²) in [5, 5.41) is 14.3. The number of ether oxygens (including phenoxy) is 1. The number of benzene rings is 1. The van der Waals surface area contributed by atoms with Crippen molar-refractivity contribution in [1.82, 2.24) is 5.32 Å². The molecule has 0 aromatic heterocycles. The minimum Gasteiger partial charge on any atom is -0.496 e. The monoisotopic (exact) mass is 265 g/mol. The Hall–Kier alpha value is -1.82. The zero-order valence-electron chi connectivity index (χ0n) is 11.3. The van der Waals surface area contributed by atoms with Gasteiger partial charge in [-0.1, -0.05) is 0 Å². The molecule has 6 nitrogen and oxygen atoms in total. The van der Waals surface area contributed by atoms with Crippen molar-refractivity contribution in [3.8, 4) is 5.75 Å². The molecular formula is C13H19N3O3. The van der Waals surface area contributed by atoms with Crippen LogP contribution in [0.4, 0.5) is 11.4 Å². The van der Waals surface area contributed by atoms with Gasteiger partial charge >= 0.3 is 0 Å². The van der Waals surface area contributed by atoms with Gasteiger partial charge in [0.15, 0.2) is 0 Å². The maximum Gasteiger partial charge on any atom is 0.275 e. The molecule has 104 valence electrons. The molecule has 1 fully saturated rings. The van der Waals surface area contributed by atoms with Crippen molar-refractivity contribution in [2.75, 3.05) is 32.1 Å². The van der Waals surface area contributed by atoms with Crippen LogP contribution in [0.15, 0.2) is 18.2 Å². The normalized spacial score (nSPS) is 18.3. The highest BCUT2D eigenvalue weighted by Crippen LogP contribution is 2.28. The minimum atomic E-state index is -0.395. The van der Waals surface area contributed by atoms with Crippen LogP contribution < -0.4 is 15.0 Å². The van der Waals surface area contributed by atoms with E-state index in [4.69, 9.17) is 4.74 Å². The SMILES string of the molecule is COc1cc(N(C)CC2CCCN2)cc([N+](=O)[O-])c1. The van der Waals surface area contributed by atoms with Crippen LogP contribution in [0.25, 0.3) is 0 Å². The maximum absolute atomic E-state index is 10.9. The highest BCUT2D eigenvalue weighted by molar-refractivity contribution is 5.57. The van der Waals surface area contributed by atoms with E-state index < -0.39 is 4.92 Å². The molecular weight excluding hydrogens is 246 g/mol. The Labute approximate surface area is 112 Å². The van der Waals surface area contributed by atoms with Crippen molar-refractivity contribution in [2.24, 2.45) is 0 Å². The van der Waals surface area contributed by atoms with E-state index >= 15 is 0 Å². The molecule has 1 N–H and O–H groups in total. The number of non-ortho nitro benzene ring substituents is 1. The number of nitrogens with zero attached hydrogens (tertiary/aromatic N) is 2. The van der Waals surface area contributed by atoms with E-state index in [0.717, 1.165) is 25.2 Å². The summed E-state index contributed by atoms with van der Waals surface area (Å²) < 4.78 is 5.12. The molecule has 1 saturated heterocycles. The van der Waals surface area contributed by atoms with Crippen LogP contribution in [0.5, 0.6) is 5.75 Å². The van der Waals surface area contributed by atoms with Crippen LogP contribution in [0.2, 0.25) is 0 Å². The van der Waals surface area contributed by atoms with Gasteiger partial charge in [-0.05, 0) is 19.4 Å². The standard InChI is InChI=1S/C13H19N3O3/c1-15(9-10-4-3-5-14-10)11-6-12(16(17)18)8-13(7-11)19-2/h6-8,10,14H,3-5,9H2,1-2H3. The molecule has 0 aliphatic carbocycles. The summed E-state index contributed by atoms with van der Waals surface area (Å²) in [4.78, 5) is 12.5. The Balaban J connectivity index is 2.17. The number of nitro groups is 1. The van der Waals surface area contributed by atoms with Gasteiger partial charge in [0.1, 0.15) is 5.75 Å². The number of rotatable bonds is 5. The molecule has 1 aromatic rings. The average molecular weight is 265 g/mol. The first-order valence-corrected chi connectivity index (χ1v) is 6.38. The highest BCUT2D eigenvalue weighted by Gasteiger charge is 2.18. The van der Waals surface area contributed by atoms with Gasteiger partial charge in [0.05, 0.1) is 18.1 Å². The first-order chi connectivity index (χ1) is 9.10. The second kappa shape index (κ2) is 5.88. The highest BCUT2D eigenvalue weighted by atomic mass is 16.6. The van der Waals surface area contributed by atoms with Crippen LogP contribution in [0.1, 0.15) is 12.8 Å². The predicted octanol–water partition coefficient (Wildman–Crippen LogP) is 1.79. The van der Waals surface area contributed by atoms with E-state index in [-0.39, 0.29) is 5.69 Å². The minimum absolute atomic E-state index is 0.0561. The van der Waals surface area contributed by atoms with Crippen LogP contribution in [0.3, 0.4) is 0 Å². The van der Waals surface area contributed by atoms with Gasteiger partial charge in [0.25, 0.3) is 5.69 Å². The number of nitro benzene ring substituents is 1. The van der Waals surface area contributed by atoms with Gasteiger partial charge in [-0.2, -0.15) is 0 Å². The lowest BCUT2D eigenvalue weighted by molar-refractivity contribution is -0.384. The van der Waals surface area contributed by atoms with Crippen molar-refractivity contribution in [3.05, 3.63) is 28.3 Å². The molecule has 1 aromatic carbocycles. The third-order valence-corrected chi connectivity index (χ3v) is 3.42. The second-order valence-electron chi connectivity index (χ2n) is 4.82. The van der Waals surface area contributed by atoms with Crippen LogP contribution >= 0.6 is 0 Å². The fourth-order valence-corrected chi connectivity index (χ4v) is 2.36. The lowest BCUT2D eigenvalue weighted by Crippen LogP contribution is -2.35. The largest absolute Gasteiger partial charge is 0.496 e. The van der Waals surface area contributed by atoms with Crippen molar-refractivity contribution in [2.45, 2.75) is 18.9 Å². The van der Waals surface area contributed by atoms with E-state index in [1.807, 2.05) is 18.0 Å². The summed E-state index contributed by atoms with van der Waals surface area (Å²) in [6.45, 7) is 1.89. The summed E-state index contributed by atoms with van der Waals surface area (Å²) in [5.74, 6) is 0.510. The first-order valence-electron chi connectivity index (χ1n) is 6.38. The third-order valence-electron chi connectivity index (χ3n) is 3.42. The number of methoxy groups -OCH3 is 1. The molecule has 1 atom stereocenters. The topological polar surface area (TPSA) is 67.6 Å². The molecule has 1 aliphatic rings. The van der Waals surface area contributed by atoms with Gasteiger partial charge in [-0.3, -0.25) is 10.1 Å². The Morgan fingerprint density at radius 2 is 2.32 bits per heavy atom. The van der Waals surface area contributed by atoms with Crippen molar-refractivity contribution >= 4 is 11.4 Å². The summed E-state index contributed by atoms with van der Waals surface area (Å²) >= 11 is 0. The van der Waals surface area contributed by atoms with Crippen LogP contribution in [0, 0.1) is 10.1 Å². The fraction of sp³-hybridized carbons (Fsp3) is 0.538. The predicted molar refractivity (Wildman–Crippen MR) is 73.9 cm³/mol. The number of hydrogen-bond acceptors (Lipinski definition) is 5. The van der Waals surface area contributed by atoms with E-state index in [1.54, 1.807) is 6.07 Å². The summed E-state index contributed by atoms with van der Waals surface area (Å²) in [6, 6.07) is 5.29. The molecule has 1 aliphatic heterocycles. The molecule has 0 radical (unpaired) electrons.